The molecule has 7 nitrogen and oxygen atoms in total. The topological polar surface area (TPSA) is 72.9 Å². The van der Waals surface area contributed by atoms with E-state index in [1.807, 2.05) is 6.07 Å². The lowest BCUT2D eigenvalue weighted by Crippen LogP contribution is -2.36. The van der Waals surface area contributed by atoms with Gasteiger partial charge in [0.1, 0.15) is 17.3 Å². The van der Waals surface area contributed by atoms with Gasteiger partial charge in [-0.05, 0) is 24.3 Å². The Bertz CT molecular complexity index is 728. The van der Waals surface area contributed by atoms with Crippen molar-refractivity contribution in [2.45, 2.75) is 0 Å². The van der Waals surface area contributed by atoms with Crippen molar-refractivity contribution in [1.29, 1.82) is 0 Å². The maximum absolute atomic E-state index is 12.5. The van der Waals surface area contributed by atoms with Gasteiger partial charge in [0.25, 0.3) is 5.91 Å². The first-order valence-electron chi connectivity index (χ1n) is 8.03. The van der Waals surface area contributed by atoms with Gasteiger partial charge in [0.2, 0.25) is 0 Å². The van der Waals surface area contributed by atoms with Gasteiger partial charge < -0.3 is 24.4 Å². The molecule has 1 amide bonds. The smallest absolute Gasteiger partial charge is 0.257 e. The Morgan fingerprint density at radius 1 is 1.16 bits per heavy atom. The zero-order chi connectivity index (χ0) is 17.6. The Balaban J connectivity index is 1.71. The molecule has 132 valence electrons. The predicted octanol–water partition coefficient (Wildman–Crippen LogP) is 2.19. The normalized spacial score (nSPS) is 14.1. The minimum Gasteiger partial charge on any atom is -0.497 e. The zero-order valence-corrected chi connectivity index (χ0v) is 14.3. The van der Waals surface area contributed by atoms with E-state index in [9.17, 15) is 4.79 Å². The fourth-order valence-electron chi connectivity index (χ4n) is 2.60. The summed E-state index contributed by atoms with van der Waals surface area (Å²) in [6, 6.07) is 8.84. The number of benzene rings is 1. The van der Waals surface area contributed by atoms with E-state index in [0.717, 1.165) is 18.9 Å². The van der Waals surface area contributed by atoms with E-state index in [-0.39, 0.29) is 5.91 Å². The minimum absolute atomic E-state index is 0.246. The van der Waals surface area contributed by atoms with Crippen molar-refractivity contribution >= 4 is 17.4 Å². The molecule has 1 aromatic carbocycles. The number of pyridine rings is 1. The van der Waals surface area contributed by atoms with Gasteiger partial charge in [0.05, 0.1) is 38.7 Å². The van der Waals surface area contributed by atoms with Gasteiger partial charge in [-0.3, -0.25) is 4.79 Å². The number of aromatic nitrogens is 1. The van der Waals surface area contributed by atoms with Crippen molar-refractivity contribution in [2.24, 2.45) is 0 Å². The van der Waals surface area contributed by atoms with E-state index in [1.54, 1.807) is 44.7 Å². The molecule has 2 heterocycles. The predicted molar refractivity (Wildman–Crippen MR) is 94.8 cm³/mol. The van der Waals surface area contributed by atoms with Crippen LogP contribution in [-0.4, -0.2) is 51.4 Å². The van der Waals surface area contributed by atoms with Crippen LogP contribution >= 0.6 is 0 Å². The second kappa shape index (κ2) is 7.85. The number of anilines is 2. The summed E-state index contributed by atoms with van der Waals surface area (Å²) in [5.74, 6) is 1.79. The molecular formula is C18H21N3O4. The van der Waals surface area contributed by atoms with Crippen LogP contribution in [0.2, 0.25) is 0 Å². The first-order valence-corrected chi connectivity index (χ1v) is 8.03. The van der Waals surface area contributed by atoms with Gasteiger partial charge in [-0.1, -0.05) is 0 Å². The molecule has 25 heavy (non-hydrogen) atoms. The highest BCUT2D eigenvalue weighted by molar-refractivity contribution is 6.05. The highest BCUT2D eigenvalue weighted by atomic mass is 16.5. The number of methoxy groups -OCH3 is 2. The second-order valence-corrected chi connectivity index (χ2v) is 5.52. The van der Waals surface area contributed by atoms with Crippen molar-refractivity contribution in [3.8, 4) is 11.5 Å². The van der Waals surface area contributed by atoms with Crippen molar-refractivity contribution in [3.63, 3.8) is 0 Å². The third-order valence-corrected chi connectivity index (χ3v) is 4.00. The Kier molecular flexibility index (Phi) is 5.35. The van der Waals surface area contributed by atoms with Crippen LogP contribution in [0.4, 0.5) is 11.5 Å². The monoisotopic (exact) mass is 343 g/mol. The number of carbonyl (C=O) groups is 1. The zero-order valence-electron chi connectivity index (χ0n) is 14.3. The van der Waals surface area contributed by atoms with E-state index in [2.05, 4.69) is 15.2 Å². The number of nitrogens with one attached hydrogen (secondary N) is 1. The fourth-order valence-corrected chi connectivity index (χ4v) is 2.60. The van der Waals surface area contributed by atoms with Crippen LogP contribution in [0.5, 0.6) is 11.5 Å². The molecule has 0 bridgehead atoms. The van der Waals surface area contributed by atoms with Crippen molar-refractivity contribution in [1.82, 2.24) is 4.98 Å². The van der Waals surface area contributed by atoms with E-state index in [4.69, 9.17) is 14.2 Å². The molecule has 7 heteroatoms. The third-order valence-electron chi connectivity index (χ3n) is 4.00. The maximum atomic E-state index is 12.5. The summed E-state index contributed by atoms with van der Waals surface area (Å²) in [6.07, 6.45) is 1.58. The Morgan fingerprint density at radius 3 is 2.60 bits per heavy atom. The lowest BCUT2D eigenvalue weighted by atomic mass is 10.2. The molecule has 0 unspecified atom stereocenters. The molecule has 1 aliphatic heterocycles. The molecule has 2 aromatic rings. The van der Waals surface area contributed by atoms with Crippen molar-refractivity contribution in [3.05, 3.63) is 42.1 Å². The Hall–Kier alpha value is -2.80. The summed E-state index contributed by atoms with van der Waals surface area (Å²) >= 11 is 0. The summed E-state index contributed by atoms with van der Waals surface area (Å²) < 4.78 is 15.8. The number of amides is 1. The molecule has 0 atom stereocenters. The van der Waals surface area contributed by atoms with Crippen LogP contribution < -0.4 is 19.7 Å². The van der Waals surface area contributed by atoms with Gasteiger partial charge in [-0.2, -0.15) is 0 Å². The van der Waals surface area contributed by atoms with Crippen molar-refractivity contribution < 1.29 is 19.0 Å². The minimum atomic E-state index is -0.246. The molecule has 1 aromatic heterocycles. The highest BCUT2D eigenvalue weighted by Gasteiger charge is 2.14. The highest BCUT2D eigenvalue weighted by Crippen LogP contribution is 2.29. The fraction of sp³-hybridized carbons (Fsp3) is 0.333. The number of ether oxygens (including phenoxy) is 3. The second-order valence-electron chi connectivity index (χ2n) is 5.52. The van der Waals surface area contributed by atoms with Crippen LogP contribution in [0.3, 0.4) is 0 Å². The number of morpholine rings is 1. The summed E-state index contributed by atoms with van der Waals surface area (Å²) in [6.45, 7) is 3.01. The number of carbonyl (C=O) groups excluding carboxylic acids is 1. The number of rotatable bonds is 5. The average molecular weight is 343 g/mol. The average Bonchev–Trinajstić information content (AvgIpc) is 2.69. The van der Waals surface area contributed by atoms with Crippen LogP contribution in [0.1, 0.15) is 10.4 Å². The molecule has 1 fully saturated rings. The Morgan fingerprint density at radius 2 is 1.96 bits per heavy atom. The first kappa shape index (κ1) is 17.0. The van der Waals surface area contributed by atoms with Gasteiger partial charge >= 0.3 is 0 Å². The van der Waals surface area contributed by atoms with Gasteiger partial charge in [0.15, 0.2) is 0 Å². The Labute approximate surface area is 146 Å². The van der Waals surface area contributed by atoms with Crippen molar-refractivity contribution in [2.75, 3.05) is 50.7 Å². The lowest BCUT2D eigenvalue weighted by Gasteiger charge is -2.27. The number of hydrogen-bond donors (Lipinski definition) is 1. The molecule has 1 N–H and O–H groups in total. The van der Waals surface area contributed by atoms with E-state index >= 15 is 0 Å². The lowest BCUT2D eigenvalue weighted by molar-refractivity contribution is 0.102. The standard InChI is InChI=1S/C18H21N3O4/c1-23-14-4-5-15(16(11-14)24-2)20-18(22)13-3-6-17(19-12-13)21-7-9-25-10-8-21/h3-6,11-12H,7-10H2,1-2H3,(H,20,22). The van der Waals surface area contributed by atoms with E-state index in [0.29, 0.717) is 36.0 Å². The summed E-state index contributed by atoms with van der Waals surface area (Å²) in [5, 5.41) is 2.83. The van der Waals surface area contributed by atoms with Crippen LogP contribution in [0.25, 0.3) is 0 Å². The van der Waals surface area contributed by atoms with Gasteiger partial charge in [-0.25, -0.2) is 4.98 Å². The van der Waals surface area contributed by atoms with Crippen LogP contribution in [-0.2, 0) is 4.74 Å². The molecule has 3 rings (SSSR count). The summed E-state index contributed by atoms with van der Waals surface area (Å²) in [7, 11) is 3.12. The number of hydrogen-bond acceptors (Lipinski definition) is 6. The van der Waals surface area contributed by atoms with Crippen LogP contribution in [0.15, 0.2) is 36.5 Å². The quantitative estimate of drug-likeness (QED) is 0.897. The molecule has 1 aliphatic rings. The summed E-state index contributed by atoms with van der Waals surface area (Å²) in [5.41, 5.74) is 1.06. The van der Waals surface area contributed by atoms with E-state index in [1.165, 1.54) is 0 Å². The van der Waals surface area contributed by atoms with Gasteiger partial charge in [0, 0.05) is 25.4 Å². The SMILES string of the molecule is COc1ccc(NC(=O)c2ccc(N3CCOCC3)nc2)c(OC)c1. The van der Waals surface area contributed by atoms with Gasteiger partial charge in [-0.15, -0.1) is 0 Å². The maximum Gasteiger partial charge on any atom is 0.257 e. The molecule has 0 saturated carbocycles. The third kappa shape index (κ3) is 4.00. The number of nitrogens with zero attached hydrogens (tertiary/aromatic N) is 2. The molecule has 0 spiro atoms. The van der Waals surface area contributed by atoms with Crippen LogP contribution in [0, 0.1) is 0 Å². The molecule has 1 saturated heterocycles. The summed E-state index contributed by atoms with van der Waals surface area (Å²) in [4.78, 5) is 19.0. The van der Waals surface area contributed by atoms with E-state index < -0.39 is 0 Å². The largest absolute Gasteiger partial charge is 0.497 e. The molecular weight excluding hydrogens is 322 g/mol. The molecule has 0 radical (unpaired) electrons. The molecule has 0 aliphatic carbocycles. The first-order chi connectivity index (χ1) is 12.2.